The Hall–Kier alpha value is -2.91. The van der Waals surface area contributed by atoms with E-state index in [1.165, 1.54) is 28.7 Å². The molecule has 160 valence electrons. The van der Waals surface area contributed by atoms with Crippen molar-refractivity contribution in [1.82, 2.24) is 0 Å². The number of carbonyl (C=O) groups excluding carboxylic acids is 1. The van der Waals surface area contributed by atoms with E-state index < -0.39 is 0 Å². The van der Waals surface area contributed by atoms with Crippen LogP contribution >= 0.6 is 0 Å². The van der Waals surface area contributed by atoms with E-state index in [1.807, 2.05) is 55.5 Å². The highest BCUT2D eigenvalue weighted by molar-refractivity contribution is 5.91. The van der Waals surface area contributed by atoms with Crippen LogP contribution in [0.15, 0.2) is 60.7 Å². The van der Waals surface area contributed by atoms with Crippen LogP contribution < -0.4 is 4.74 Å². The van der Waals surface area contributed by atoms with Gasteiger partial charge in [0.05, 0.1) is 11.7 Å². The maximum atomic E-state index is 12.5. The molecule has 31 heavy (non-hydrogen) atoms. The van der Waals surface area contributed by atoms with Gasteiger partial charge in [0.25, 0.3) is 0 Å². The van der Waals surface area contributed by atoms with Gasteiger partial charge in [0, 0.05) is 6.61 Å². The second kappa shape index (κ2) is 9.07. The largest absolute Gasteiger partial charge is 0.423 e. The molecule has 4 rings (SSSR count). The van der Waals surface area contributed by atoms with Crippen molar-refractivity contribution in [2.24, 2.45) is 5.92 Å². The topological polar surface area (TPSA) is 35.5 Å². The molecule has 1 fully saturated rings. The quantitative estimate of drug-likeness (QED) is 0.341. The third kappa shape index (κ3) is 4.88. The van der Waals surface area contributed by atoms with Crippen LogP contribution in [0.3, 0.4) is 0 Å². The molecule has 1 heterocycles. The van der Waals surface area contributed by atoms with Crippen molar-refractivity contribution >= 4 is 5.97 Å². The molecule has 3 heteroatoms. The van der Waals surface area contributed by atoms with Crippen LogP contribution in [0.4, 0.5) is 0 Å². The first-order valence-electron chi connectivity index (χ1n) is 11.0. The summed E-state index contributed by atoms with van der Waals surface area (Å²) in [6, 6.07) is 19.7. The zero-order chi connectivity index (χ0) is 22.0. The molecule has 3 nitrogen and oxygen atoms in total. The monoisotopic (exact) mass is 414 g/mol. The maximum Gasteiger partial charge on any atom is 0.343 e. The van der Waals surface area contributed by atoms with Gasteiger partial charge in [-0.2, -0.15) is 0 Å². The summed E-state index contributed by atoms with van der Waals surface area (Å²) in [6.45, 7) is 9.39. The van der Waals surface area contributed by atoms with Crippen molar-refractivity contribution < 1.29 is 14.3 Å². The Bertz CT molecular complexity index is 1030. The summed E-state index contributed by atoms with van der Waals surface area (Å²) in [7, 11) is 0. The van der Waals surface area contributed by atoms with Crippen LogP contribution in [0.25, 0.3) is 11.1 Å². The number of hydrogen-bond donors (Lipinski definition) is 0. The number of esters is 1. The average molecular weight is 415 g/mol. The summed E-state index contributed by atoms with van der Waals surface area (Å²) in [5.74, 6) is 0.859. The van der Waals surface area contributed by atoms with Crippen molar-refractivity contribution in [2.45, 2.75) is 46.6 Å². The Morgan fingerprint density at radius 3 is 2.13 bits per heavy atom. The molecule has 0 aliphatic carbocycles. The molecule has 2 atom stereocenters. The van der Waals surface area contributed by atoms with Gasteiger partial charge in [-0.25, -0.2) is 4.79 Å². The van der Waals surface area contributed by atoms with Crippen LogP contribution in [0.2, 0.25) is 0 Å². The van der Waals surface area contributed by atoms with Crippen LogP contribution in [0.5, 0.6) is 5.75 Å². The van der Waals surface area contributed by atoms with Crippen molar-refractivity contribution in [3.63, 3.8) is 0 Å². The molecule has 1 aliphatic rings. The van der Waals surface area contributed by atoms with Crippen LogP contribution in [0, 0.1) is 26.7 Å². The van der Waals surface area contributed by atoms with Crippen LogP contribution in [-0.2, 0) is 4.74 Å². The minimum atomic E-state index is -0.345. The smallest absolute Gasteiger partial charge is 0.343 e. The second-order valence-electron chi connectivity index (χ2n) is 8.81. The average Bonchev–Trinajstić information content (AvgIpc) is 2.76. The van der Waals surface area contributed by atoms with E-state index in [1.54, 1.807) is 0 Å². The zero-order valence-electron chi connectivity index (χ0n) is 18.8. The molecule has 0 spiro atoms. The van der Waals surface area contributed by atoms with E-state index in [0.717, 1.165) is 24.2 Å². The molecule has 0 amide bonds. The highest BCUT2D eigenvalue weighted by atomic mass is 16.5. The second-order valence-corrected chi connectivity index (χ2v) is 8.81. The molecule has 1 aliphatic heterocycles. The van der Waals surface area contributed by atoms with Gasteiger partial charge in [0.15, 0.2) is 0 Å². The maximum absolute atomic E-state index is 12.5. The first kappa shape index (κ1) is 21.3. The third-order valence-electron chi connectivity index (χ3n) is 6.07. The molecular formula is C28H30O3. The highest BCUT2D eigenvalue weighted by Crippen LogP contribution is 2.35. The van der Waals surface area contributed by atoms with Gasteiger partial charge in [-0.15, -0.1) is 0 Å². The number of rotatable bonds is 4. The summed E-state index contributed by atoms with van der Waals surface area (Å²) in [5.41, 5.74) is 7.72. The zero-order valence-corrected chi connectivity index (χ0v) is 18.8. The predicted molar refractivity (Wildman–Crippen MR) is 125 cm³/mol. The van der Waals surface area contributed by atoms with Crippen molar-refractivity contribution in [1.29, 1.82) is 0 Å². The Balaban J connectivity index is 1.52. The highest BCUT2D eigenvalue weighted by Gasteiger charge is 2.21. The van der Waals surface area contributed by atoms with Crippen molar-refractivity contribution in [3.8, 4) is 16.9 Å². The van der Waals surface area contributed by atoms with Gasteiger partial charge in [-0.05, 0) is 91.6 Å². The predicted octanol–water partition coefficient (Wildman–Crippen LogP) is 6.99. The first-order chi connectivity index (χ1) is 14.9. The summed E-state index contributed by atoms with van der Waals surface area (Å²) < 4.78 is 11.6. The summed E-state index contributed by atoms with van der Waals surface area (Å²) in [5, 5.41) is 0. The first-order valence-corrected chi connectivity index (χ1v) is 11.0. The fourth-order valence-corrected chi connectivity index (χ4v) is 4.33. The number of aryl methyl sites for hydroxylation is 3. The molecule has 0 bridgehead atoms. The summed E-state index contributed by atoms with van der Waals surface area (Å²) >= 11 is 0. The molecule has 0 N–H and O–H groups in total. The Labute approximate surface area is 185 Å². The lowest BCUT2D eigenvalue weighted by atomic mass is 9.89. The van der Waals surface area contributed by atoms with Gasteiger partial charge in [-0.3, -0.25) is 0 Å². The number of carbonyl (C=O) groups is 1. The van der Waals surface area contributed by atoms with E-state index in [0.29, 0.717) is 17.2 Å². The SMILES string of the molecule is Cc1ccc(OC(=O)c2ccc(-c3c(C)cc(C4CCC(C)CO4)cc3C)cc2)cc1. The standard InChI is InChI=1S/C28H30O3/c1-18-5-12-25(13-6-18)31-28(29)23-10-8-22(9-11-23)27-20(3)15-24(16-21(27)4)26-14-7-19(2)17-30-26/h5-6,8-13,15-16,19,26H,7,14,17H2,1-4H3. The molecular weight excluding hydrogens is 384 g/mol. The van der Waals surface area contributed by atoms with Crippen LogP contribution in [-0.4, -0.2) is 12.6 Å². The van der Waals surface area contributed by atoms with E-state index >= 15 is 0 Å². The number of hydrogen-bond acceptors (Lipinski definition) is 3. The third-order valence-corrected chi connectivity index (χ3v) is 6.07. The minimum absolute atomic E-state index is 0.196. The van der Waals surface area contributed by atoms with Crippen molar-refractivity contribution in [3.05, 3.63) is 88.5 Å². The van der Waals surface area contributed by atoms with E-state index in [9.17, 15) is 4.79 Å². The number of ether oxygens (including phenoxy) is 2. The fourth-order valence-electron chi connectivity index (χ4n) is 4.33. The molecule has 1 saturated heterocycles. The van der Waals surface area contributed by atoms with Crippen LogP contribution in [0.1, 0.15) is 58.5 Å². The normalized spacial score (nSPS) is 18.6. The van der Waals surface area contributed by atoms with Gasteiger partial charge in [0.1, 0.15) is 5.75 Å². The summed E-state index contributed by atoms with van der Waals surface area (Å²) in [4.78, 5) is 12.5. The molecule has 0 saturated carbocycles. The van der Waals surface area contributed by atoms with Gasteiger partial charge >= 0.3 is 5.97 Å². The molecule has 3 aromatic carbocycles. The van der Waals surface area contributed by atoms with E-state index in [2.05, 4.69) is 32.9 Å². The molecule has 0 radical (unpaired) electrons. The Morgan fingerprint density at radius 2 is 1.55 bits per heavy atom. The summed E-state index contributed by atoms with van der Waals surface area (Å²) in [6.07, 6.45) is 2.49. The fraction of sp³-hybridized carbons (Fsp3) is 0.321. The lowest BCUT2D eigenvalue weighted by Crippen LogP contribution is -2.18. The number of benzene rings is 3. The van der Waals surface area contributed by atoms with Gasteiger partial charge in [0.2, 0.25) is 0 Å². The van der Waals surface area contributed by atoms with Crippen molar-refractivity contribution in [2.75, 3.05) is 6.61 Å². The van der Waals surface area contributed by atoms with E-state index in [-0.39, 0.29) is 12.1 Å². The molecule has 3 aromatic rings. The minimum Gasteiger partial charge on any atom is -0.423 e. The van der Waals surface area contributed by atoms with Gasteiger partial charge < -0.3 is 9.47 Å². The lowest BCUT2D eigenvalue weighted by Gasteiger charge is -2.28. The lowest BCUT2D eigenvalue weighted by molar-refractivity contribution is -0.0124. The van der Waals surface area contributed by atoms with Gasteiger partial charge in [-0.1, -0.05) is 48.9 Å². The van der Waals surface area contributed by atoms with E-state index in [4.69, 9.17) is 9.47 Å². The Kier molecular flexibility index (Phi) is 6.24. The molecule has 2 unspecified atom stereocenters. The Morgan fingerprint density at radius 1 is 0.903 bits per heavy atom. The molecule has 0 aromatic heterocycles.